The van der Waals surface area contributed by atoms with Crippen LogP contribution < -0.4 is 5.56 Å². The summed E-state index contributed by atoms with van der Waals surface area (Å²) in [5.74, 6) is 0.589. The van der Waals surface area contributed by atoms with Gasteiger partial charge in [0.2, 0.25) is 0 Å². The van der Waals surface area contributed by atoms with Crippen LogP contribution in [0.15, 0.2) is 76.8 Å². The average Bonchev–Trinajstić information content (AvgIpc) is 2.74. The van der Waals surface area contributed by atoms with Gasteiger partial charge in [-0.05, 0) is 48.0 Å². The number of hydrogen-bond donors (Lipinski definition) is 0. The summed E-state index contributed by atoms with van der Waals surface area (Å²) in [6, 6.07) is 19.9. The Balaban J connectivity index is 1.81. The smallest absolute Gasteiger partial charge is 0.266 e. The highest BCUT2D eigenvalue weighted by molar-refractivity contribution is 7.98. The lowest BCUT2D eigenvalue weighted by Crippen LogP contribution is -2.21. The summed E-state index contributed by atoms with van der Waals surface area (Å²) in [6.07, 6.45) is 1.71. The summed E-state index contributed by atoms with van der Waals surface area (Å²) in [7, 11) is 0. The zero-order chi connectivity index (χ0) is 19.5. The number of nitriles is 1. The molecule has 2 heterocycles. The molecule has 0 aliphatic heterocycles. The minimum Gasteiger partial charge on any atom is -0.268 e. The first-order chi connectivity index (χ1) is 13.7. The third-order valence-electron chi connectivity index (χ3n) is 4.16. The van der Waals surface area contributed by atoms with Crippen molar-refractivity contribution in [1.82, 2.24) is 14.5 Å². The van der Waals surface area contributed by atoms with Crippen molar-refractivity contribution < 1.29 is 0 Å². The zero-order valence-electron chi connectivity index (χ0n) is 14.5. The standard InChI is InChI=1S/C21H13ClN4OS/c22-19-10-7-15(12-24-19)13-28-21-25-18-4-2-1-3-17(18)20(27)26(21)16-8-5-14(11-23)6-9-16/h1-10,12H,13H2. The molecule has 2 aromatic carbocycles. The summed E-state index contributed by atoms with van der Waals surface area (Å²) in [5.41, 5.74) is 2.68. The zero-order valence-corrected chi connectivity index (χ0v) is 16.1. The van der Waals surface area contributed by atoms with E-state index in [2.05, 4.69) is 11.1 Å². The number of rotatable bonds is 4. The fourth-order valence-corrected chi connectivity index (χ4v) is 3.82. The van der Waals surface area contributed by atoms with Crippen molar-refractivity contribution in [3.63, 3.8) is 0 Å². The van der Waals surface area contributed by atoms with Crippen molar-refractivity contribution in [3.8, 4) is 11.8 Å². The van der Waals surface area contributed by atoms with Gasteiger partial charge in [0.15, 0.2) is 5.16 Å². The lowest BCUT2D eigenvalue weighted by atomic mass is 10.2. The number of para-hydroxylation sites is 1. The van der Waals surface area contributed by atoms with E-state index < -0.39 is 0 Å². The molecule has 5 nitrogen and oxygen atoms in total. The Morgan fingerprint density at radius 1 is 1.07 bits per heavy atom. The van der Waals surface area contributed by atoms with E-state index in [0.29, 0.717) is 38.2 Å². The first-order valence-electron chi connectivity index (χ1n) is 8.41. The van der Waals surface area contributed by atoms with E-state index in [1.807, 2.05) is 24.3 Å². The van der Waals surface area contributed by atoms with Crippen LogP contribution in [-0.2, 0) is 5.75 Å². The normalized spacial score (nSPS) is 10.7. The van der Waals surface area contributed by atoms with Gasteiger partial charge in [-0.3, -0.25) is 9.36 Å². The van der Waals surface area contributed by atoms with Crippen molar-refractivity contribution >= 4 is 34.3 Å². The van der Waals surface area contributed by atoms with Gasteiger partial charge >= 0.3 is 0 Å². The highest BCUT2D eigenvalue weighted by Gasteiger charge is 2.13. The quantitative estimate of drug-likeness (QED) is 0.282. The minimum absolute atomic E-state index is 0.146. The molecule has 0 spiro atoms. The maximum absolute atomic E-state index is 13.2. The molecule has 0 bridgehead atoms. The molecule has 28 heavy (non-hydrogen) atoms. The minimum atomic E-state index is -0.146. The summed E-state index contributed by atoms with van der Waals surface area (Å²) in [4.78, 5) is 22.0. The number of hydrogen-bond acceptors (Lipinski definition) is 5. The molecule has 7 heteroatoms. The number of pyridine rings is 1. The Hall–Kier alpha value is -3.14. The predicted molar refractivity (Wildman–Crippen MR) is 111 cm³/mol. The van der Waals surface area contributed by atoms with E-state index in [1.54, 1.807) is 47.2 Å². The van der Waals surface area contributed by atoms with E-state index in [1.165, 1.54) is 11.8 Å². The third-order valence-corrected chi connectivity index (χ3v) is 5.39. The van der Waals surface area contributed by atoms with Crippen molar-refractivity contribution in [1.29, 1.82) is 5.26 Å². The number of fused-ring (bicyclic) bond motifs is 1. The van der Waals surface area contributed by atoms with Crippen LogP contribution in [0.2, 0.25) is 5.15 Å². The van der Waals surface area contributed by atoms with Crippen LogP contribution in [0.1, 0.15) is 11.1 Å². The average molecular weight is 405 g/mol. The third kappa shape index (κ3) is 3.63. The molecule has 0 radical (unpaired) electrons. The Morgan fingerprint density at radius 3 is 2.57 bits per heavy atom. The van der Waals surface area contributed by atoms with Gasteiger partial charge in [0.1, 0.15) is 5.15 Å². The number of aromatic nitrogens is 3. The van der Waals surface area contributed by atoms with Gasteiger partial charge in [-0.15, -0.1) is 0 Å². The fourth-order valence-electron chi connectivity index (χ4n) is 2.76. The Labute approximate surface area is 170 Å². The molecule has 0 aliphatic rings. The van der Waals surface area contributed by atoms with Crippen LogP contribution >= 0.6 is 23.4 Å². The first kappa shape index (κ1) is 18.2. The number of benzene rings is 2. The second kappa shape index (κ2) is 7.85. The van der Waals surface area contributed by atoms with Crippen LogP contribution in [0, 0.1) is 11.3 Å². The van der Waals surface area contributed by atoms with Crippen molar-refractivity contribution in [3.05, 3.63) is 93.5 Å². The van der Waals surface area contributed by atoms with Crippen LogP contribution in [0.4, 0.5) is 0 Å². The summed E-state index contributed by atoms with van der Waals surface area (Å²) in [6.45, 7) is 0. The maximum Gasteiger partial charge on any atom is 0.266 e. The summed E-state index contributed by atoms with van der Waals surface area (Å²) < 4.78 is 1.58. The highest BCUT2D eigenvalue weighted by Crippen LogP contribution is 2.25. The maximum atomic E-state index is 13.2. The molecule has 0 N–H and O–H groups in total. The van der Waals surface area contributed by atoms with Crippen molar-refractivity contribution in [2.75, 3.05) is 0 Å². The van der Waals surface area contributed by atoms with E-state index in [0.717, 1.165) is 5.56 Å². The van der Waals surface area contributed by atoms with Gasteiger partial charge < -0.3 is 0 Å². The van der Waals surface area contributed by atoms with E-state index >= 15 is 0 Å². The second-order valence-electron chi connectivity index (χ2n) is 5.99. The Morgan fingerprint density at radius 2 is 1.86 bits per heavy atom. The molecule has 0 saturated heterocycles. The Bertz CT molecular complexity index is 1240. The molecule has 0 unspecified atom stereocenters. The van der Waals surface area contributed by atoms with Crippen LogP contribution in [0.25, 0.3) is 16.6 Å². The molecule has 4 aromatic rings. The molecule has 136 valence electrons. The summed E-state index contributed by atoms with van der Waals surface area (Å²) >= 11 is 7.29. The van der Waals surface area contributed by atoms with Crippen LogP contribution in [-0.4, -0.2) is 14.5 Å². The molecule has 0 saturated carbocycles. The van der Waals surface area contributed by atoms with Crippen LogP contribution in [0.5, 0.6) is 0 Å². The Kier molecular flexibility index (Phi) is 5.11. The largest absolute Gasteiger partial charge is 0.268 e. The van der Waals surface area contributed by atoms with Crippen LogP contribution in [0.3, 0.4) is 0 Å². The van der Waals surface area contributed by atoms with Crippen molar-refractivity contribution in [2.45, 2.75) is 10.9 Å². The number of nitrogens with zero attached hydrogens (tertiary/aromatic N) is 4. The SMILES string of the molecule is N#Cc1ccc(-n2c(SCc3ccc(Cl)nc3)nc3ccccc3c2=O)cc1. The molecular weight excluding hydrogens is 392 g/mol. The number of halogens is 1. The topological polar surface area (TPSA) is 71.6 Å². The van der Waals surface area contributed by atoms with Gasteiger partial charge in [0.25, 0.3) is 5.56 Å². The molecule has 0 atom stereocenters. The molecule has 2 aromatic heterocycles. The van der Waals surface area contributed by atoms with Crippen molar-refractivity contribution in [2.24, 2.45) is 0 Å². The van der Waals surface area contributed by atoms with E-state index in [4.69, 9.17) is 21.8 Å². The van der Waals surface area contributed by atoms with E-state index in [-0.39, 0.29) is 5.56 Å². The molecule has 0 aliphatic carbocycles. The van der Waals surface area contributed by atoms with Gasteiger partial charge in [0, 0.05) is 11.9 Å². The molecular formula is C21H13ClN4OS. The highest BCUT2D eigenvalue weighted by atomic mass is 35.5. The molecule has 4 rings (SSSR count). The lowest BCUT2D eigenvalue weighted by Gasteiger charge is -2.13. The predicted octanol–water partition coefficient (Wildman–Crippen LogP) is 4.60. The summed E-state index contributed by atoms with van der Waals surface area (Å²) in [5, 5.41) is 10.6. The molecule has 0 fully saturated rings. The lowest BCUT2D eigenvalue weighted by molar-refractivity contribution is 0.819. The second-order valence-corrected chi connectivity index (χ2v) is 7.32. The fraction of sp³-hybridized carbons (Fsp3) is 0.0476. The molecule has 0 amide bonds. The van der Waals surface area contributed by atoms with Gasteiger partial charge in [-0.1, -0.05) is 41.6 Å². The first-order valence-corrected chi connectivity index (χ1v) is 9.77. The van der Waals surface area contributed by atoms with Gasteiger partial charge in [-0.2, -0.15) is 5.26 Å². The van der Waals surface area contributed by atoms with Gasteiger partial charge in [-0.25, -0.2) is 9.97 Å². The van der Waals surface area contributed by atoms with Gasteiger partial charge in [0.05, 0.1) is 28.2 Å². The number of thioether (sulfide) groups is 1. The monoisotopic (exact) mass is 404 g/mol. The van der Waals surface area contributed by atoms with E-state index in [9.17, 15) is 4.79 Å².